The third kappa shape index (κ3) is 2.87. The molecule has 4 nitrogen and oxygen atoms in total. The lowest BCUT2D eigenvalue weighted by atomic mass is 10.2. The Hall–Kier alpha value is -1.88. The molecule has 2 aromatic rings. The van der Waals surface area contributed by atoms with Gasteiger partial charge in [0.1, 0.15) is 0 Å². The molecule has 0 aliphatic heterocycles. The van der Waals surface area contributed by atoms with Crippen molar-refractivity contribution in [2.75, 3.05) is 12.4 Å². The summed E-state index contributed by atoms with van der Waals surface area (Å²) in [5, 5.41) is 3.35. The molecule has 1 aromatic carbocycles. The largest absolute Gasteiger partial charge is 0.465 e. The van der Waals surface area contributed by atoms with E-state index in [9.17, 15) is 4.79 Å². The summed E-state index contributed by atoms with van der Waals surface area (Å²) in [5.41, 5.74) is 3.32. The minimum atomic E-state index is -0.322. The van der Waals surface area contributed by atoms with Crippen LogP contribution < -0.4 is 5.32 Å². The van der Waals surface area contributed by atoms with E-state index in [4.69, 9.17) is 0 Å². The van der Waals surface area contributed by atoms with Gasteiger partial charge in [0.15, 0.2) is 0 Å². The number of benzene rings is 1. The molecule has 0 saturated carbocycles. The van der Waals surface area contributed by atoms with Gasteiger partial charge in [0, 0.05) is 16.8 Å². The highest BCUT2D eigenvalue weighted by Crippen LogP contribution is 2.22. The van der Waals surface area contributed by atoms with Crippen molar-refractivity contribution >= 4 is 23.0 Å². The molecular weight excluding hydrogens is 248 g/mol. The Labute approximate surface area is 110 Å². The number of nitrogens with one attached hydrogen (secondary N) is 1. The third-order valence-corrected chi connectivity index (χ3v) is 3.53. The average molecular weight is 262 g/mol. The molecule has 0 spiro atoms. The number of carbonyl (C=O) groups is 1. The maximum atomic E-state index is 11.3. The number of methoxy groups -OCH3 is 1. The Kier molecular flexibility index (Phi) is 3.94. The second kappa shape index (κ2) is 5.64. The highest BCUT2D eigenvalue weighted by atomic mass is 32.1. The summed E-state index contributed by atoms with van der Waals surface area (Å²) in [6.07, 6.45) is 1.85. The number of thiazole rings is 1. The van der Waals surface area contributed by atoms with E-state index in [1.54, 1.807) is 23.5 Å². The lowest BCUT2D eigenvalue weighted by Crippen LogP contribution is -2.06. The van der Waals surface area contributed by atoms with Crippen molar-refractivity contribution in [2.24, 2.45) is 0 Å². The van der Waals surface area contributed by atoms with Gasteiger partial charge in [-0.2, -0.15) is 0 Å². The molecule has 0 aliphatic rings. The zero-order valence-electron chi connectivity index (χ0n) is 10.2. The number of nitrogens with zero attached hydrogens (tertiary/aromatic N) is 1. The van der Waals surface area contributed by atoms with E-state index in [2.05, 4.69) is 22.0 Å². The van der Waals surface area contributed by atoms with Gasteiger partial charge >= 0.3 is 5.97 Å². The van der Waals surface area contributed by atoms with E-state index in [0.29, 0.717) is 5.56 Å². The van der Waals surface area contributed by atoms with Crippen LogP contribution in [0.5, 0.6) is 0 Å². The monoisotopic (exact) mass is 262 g/mol. The normalized spacial score (nSPS) is 11.9. The zero-order chi connectivity index (χ0) is 13.0. The topological polar surface area (TPSA) is 51.2 Å². The molecular formula is C13H14N2O2S. The van der Waals surface area contributed by atoms with Gasteiger partial charge in [0.05, 0.1) is 24.2 Å². The molecule has 2 rings (SSSR count). The molecule has 1 unspecified atom stereocenters. The molecule has 18 heavy (non-hydrogen) atoms. The molecule has 0 saturated heterocycles. The summed E-state index contributed by atoms with van der Waals surface area (Å²) >= 11 is 1.61. The van der Waals surface area contributed by atoms with Crippen molar-refractivity contribution in [3.05, 3.63) is 46.4 Å². The molecule has 5 heteroatoms. The second-order valence-corrected chi connectivity index (χ2v) is 4.76. The summed E-state index contributed by atoms with van der Waals surface area (Å²) in [7, 11) is 1.38. The van der Waals surface area contributed by atoms with Crippen molar-refractivity contribution in [3.8, 4) is 0 Å². The molecule has 1 atom stereocenters. The Balaban J connectivity index is 2.04. The van der Waals surface area contributed by atoms with Gasteiger partial charge in [0.25, 0.3) is 0 Å². The van der Waals surface area contributed by atoms with Crippen LogP contribution in [0.3, 0.4) is 0 Å². The van der Waals surface area contributed by atoms with Crippen LogP contribution in [0.4, 0.5) is 5.69 Å². The van der Waals surface area contributed by atoms with Crippen LogP contribution in [0.15, 0.2) is 36.0 Å². The zero-order valence-corrected chi connectivity index (χ0v) is 11.0. The maximum Gasteiger partial charge on any atom is 0.337 e. The fourth-order valence-corrected chi connectivity index (χ4v) is 2.21. The summed E-state index contributed by atoms with van der Waals surface area (Å²) in [6, 6.07) is 7.41. The summed E-state index contributed by atoms with van der Waals surface area (Å²) < 4.78 is 4.65. The first kappa shape index (κ1) is 12.6. The molecule has 0 amide bonds. The minimum absolute atomic E-state index is 0.196. The molecule has 1 heterocycles. The van der Waals surface area contributed by atoms with E-state index in [1.165, 1.54) is 12.0 Å². The smallest absolute Gasteiger partial charge is 0.337 e. The van der Waals surface area contributed by atoms with Gasteiger partial charge in [-0.05, 0) is 31.2 Å². The van der Waals surface area contributed by atoms with Gasteiger partial charge in [0.2, 0.25) is 0 Å². The van der Waals surface area contributed by atoms with E-state index in [-0.39, 0.29) is 12.0 Å². The Morgan fingerprint density at radius 1 is 1.39 bits per heavy atom. The second-order valence-electron chi connectivity index (χ2n) is 3.84. The first-order valence-corrected chi connectivity index (χ1v) is 6.42. The number of rotatable bonds is 4. The summed E-state index contributed by atoms with van der Waals surface area (Å²) in [6.45, 7) is 2.07. The molecule has 0 fully saturated rings. The summed E-state index contributed by atoms with van der Waals surface area (Å²) in [4.78, 5) is 16.5. The molecule has 0 radical (unpaired) electrons. The van der Waals surface area contributed by atoms with Gasteiger partial charge in [-0.1, -0.05) is 0 Å². The van der Waals surface area contributed by atoms with Crippen LogP contribution in [0.1, 0.15) is 28.2 Å². The van der Waals surface area contributed by atoms with Crippen molar-refractivity contribution < 1.29 is 9.53 Å². The van der Waals surface area contributed by atoms with E-state index in [0.717, 1.165) is 5.69 Å². The lowest BCUT2D eigenvalue weighted by molar-refractivity contribution is 0.0601. The van der Waals surface area contributed by atoms with Crippen molar-refractivity contribution in [1.29, 1.82) is 0 Å². The van der Waals surface area contributed by atoms with Crippen molar-refractivity contribution in [2.45, 2.75) is 13.0 Å². The maximum absolute atomic E-state index is 11.3. The summed E-state index contributed by atoms with van der Waals surface area (Å²) in [5.74, 6) is -0.322. The predicted molar refractivity (Wildman–Crippen MR) is 71.9 cm³/mol. The molecule has 0 aliphatic carbocycles. The van der Waals surface area contributed by atoms with Crippen LogP contribution in [-0.2, 0) is 4.74 Å². The van der Waals surface area contributed by atoms with Crippen molar-refractivity contribution in [3.63, 3.8) is 0 Å². The molecule has 94 valence electrons. The third-order valence-electron chi connectivity index (χ3n) is 2.57. The van der Waals surface area contributed by atoms with Crippen LogP contribution in [-0.4, -0.2) is 18.1 Å². The molecule has 0 bridgehead atoms. The highest BCUT2D eigenvalue weighted by Gasteiger charge is 2.08. The van der Waals surface area contributed by atoms with E-state index in [1.807, 2.05) is 23.8 Å². The number of ether oxygens (including phenoxy) is 1. The lowest BCUT2D eigenvalue weighted by Gasteiger charge is -2.13. The Bertz CT molecular complexity index is 508. The Morgan fingerprint density at radius 3 is 2.67 bits per heavy atom. The predicted octanol–water partition coefficient (Wildman–Crippen LogP) is 3.10. The van der Waals surface area contributed by atoms with Crippen LogP contribution in [0, 0.1) is 0 Å². The number of hydrogen-bond acceptors (Lipinski definition) is 5. The Morgan fingerprint density at radius 2 is 2.11 bits per heavy atom. The van der Waals surface area contributed by atoms with Crippen molar-refractivity contribution in [1.82, 2.24) is 4.98 Å². The van der Waals surface area contributed by atoms with Crippen LogP contribution in [0.2, 0.25) is 0 Å². The average Bonchev–Trinajstić information content (AvgIpc) is 2.92. The van der Waals surface area contributed by atoms with Crippen LogP contribution in [0.25, 0.3) is 0 Å². The first-order chi connectivity index (χ1) is 8.70. The fraction of sp³-hybridized carbons (Fsp3) is 0.231. The molecule has 1 N–H and O–H groups in total. The van der Waals surface area contributed by atoms with Gasteiger partial charge in [-0.15, -0.1) is 11.3 Å². The standard InChI is InChI=1S/C13H14N2O2S/c1-9(12-7-14-8-18-12)15-11-5-3-10(4-6-11)13(16)17-2/h3-9,15H,1-2H3. The number of hydrogen-bond donors (Lipinski definition) is 1. The molecule has 1 aromatic heterocycles. The first-order valence-electron chi connectivity index (χ1n) is 5.54. The fourth-order valence-electron chi connectivity index (χ4n) is 1.58. The highest BCUT2D eigenvalue weighted by molar-refractivity contribution is 7.09. The number of anilines is 1. The van der Waals surface area contributed by atoms with Gasteiger partial charge in [-0.3, -0.25) is 4.98 Å². The number of aromatic nitrogens is 1. The van der Waals surface area contributed by atoms with Gasteiger partial charge < -0.3 is 10.1 Å². The van der Waals surface area contributed by atoms with E-state index >= 15 is 0 Å². The van der Waals surface area contributed by atoms with Gasteiger partial charge in [-0.25, -0.2) is 4.79 Å². The minimum Gasteiger partial charge on any atom is -0.465 e. The number of carbonyl (C=O) groups excluding carboxylic acids is 1. The SMILES string of the molecule is COC(=O)c1ccc(NC(C)c2cncs2)cc1. The number of esters is 1. The van der Waals surface area contributed by atoms with E-state index < -0.39 is 0 Å². The quantitative estimate of drug-likeness (QED) is 0.860. The van der Waals surface area contributed by atoms with Crippen LogP contribution >= 0.6 is 11.3 Å².